The van der Waals surface area contributed by atoms with Gasteiger partial charge in [0.05, 0.1) is 11.6 Å². The highest BCUT2D eigenvalue weighted by molar-refractivity contribution is 5.93. The molecule has 3 rings (SSSR count). The first-order valence-corrected chi connectivity index (χ1v) is 9.44. The number of amides is 1. The molecule has 1 N–H and O–H groups in total. The van der Waals surface area contributed by atoms with Crippen LogP contribution in [0.1, 0.15) is 47.1 Å². The summed E-state index contributed by atoms with van der Waals surface area (Å²) in [4.78, 5) is 24.6. The molecule has 1 aromatic heterocycles. The third-order valence-electron chi connectivity index (χ3n) is 5.34. The molecule has 0 aliphatic heterocycles. The standard InChI is InChI=1S/C22H25N3O3/c1-15-11-19(16(2)25(15)12-17-7-5-4-6-8-17)21(27)28-13-20(26)24-22(3,14-23)18-9-10-18/h4-8,11,18H,9-10,12-13H2,1-3H3,(H,24,26)/t22-/m0/s1. The van der Waals surface area contributed by atoms with Gasteiger partial charge in [-0.25, -0.2) is 4.79 Å². The van der Waals surface area contributed by atoms with Gasteiger partial charge >= 0.3 is 5.97 Å². The third kappa shape index (κ3) is 4.25. The van der Waals surface area contributed by atoms with Gasteiger partial charge in [0.15, 0.2) is 6.61 Å². The molecule has 28 heavy (non-hydrogen) atoms. The molecule has 1 amide bonds. The molecular weight excluding hydrogens is 354 g/mol. The maximum Gasteiger partial charge on any atom is 0.340 e. The Hall–Kier alpha value is -3.07. The first-order chi connectivity index (χ1) is 13.3. The number of carbonyl (C=O) groups excluding carboxylic acids is 2. The largest absolute Gasteiger partial charge is 0.452 e. The molecule has 0 unspecified atom stereocenters. The zero-order valence-corrected chi connectivity index (χ0v) is 16.5. The number of nitriles is 1. The van der Waals surface area contributed by atoms with E-state index in [9.17, 15) is 14.9 Å². The Morgan fingerprint density at radius 3 is 2.57 bits per heavy atom. The van der Waals surface area contributed by atoms with Gasteiger partial charge in [0.2, 0.25) is 0 Å². The van der Waals surface area contributed by atoms with Gasteiger partial charge in [-0.15, -0.1) is 0 Å². The number of ether oxygens (including phenoxy) is 1. The second kappa shape index (κ2) is 7.89. The van der Waals surface area contributed by atoms with Gasteiger partial charge in [-0.3, -0.25) is 4.79 Å². The molecule has 1 atom stereocenters. The van der Waals surface area contributed by atoms with Gasteiger partial charge in [0.1, 0.15) is 5.54 Å². The van der Waals surface area contributed by atoms with Crippen molar-refractivity contribution in [2.45, 2.75) is 45.7 Å². The van der Waals surface area contributed by atoms with Crippen LogP contribution in [-0.4, -0.2) is 28.6 Å². The Morgan fingerprint density at radius 2 is 1.96 bits per heavy atom. The highest BCUT2D eigenvalue weighted by Gasteiger charge is 2.43. The summed E-state index contributed by atoms with van der Waals surface area (Å²) in [6, 6.07) is 13.9. The number of esters is 1. The Labute approximate surface area is 165 Å². The normalized spacial score (nSPS) is 15.4. The lowest BCUT2D eigenvalue weighted by atomic mass is 9.98. The number of nitrogens with one attached hydrogen (secondary N) is 1. The van der Waals surface area contributed by atoms with E-state index in [2.05, 4.69) is 11.4 Å². The number of hydrogen-bond donors (Lipinski definition) is 1. The summed E-state index contributed by atoms with van der Waals surface area (Å²) < 4.78 is 7.25. The van der Waals surface area contributed by atoms with Crippen LogP contribution >= 0.6 is 0 Å². The fourth-order valence-corrected chi connectivity index (χ4v) is 3.43. The Morgan fingerprint density at radius 1 is 1.29 bits per heavy atom. The Bertz CT molecular complexity index is 922. The molecular formula is C22H25N3O3. The number of nitrogens with zero attached hydrogens (tertiary/aromatic N) is 2. The molecule has 0 saturated heterocycles. The molecule has 1 aromatic carbocycles. The summed E-state index contributed by atoms with van der Waals surface area (Å²) in [5.74, 6) is -0.816. The lowest BCUT2D eigenvalue weighted by molar-refractivity contribution is -0.125. The van der Waals surface area contributed by atoms with Crippen LogP contribution in [0, 0.1) is 31.1 Å². The van der Waals surface area contributed by atoms with E-state index in [1.165, 1.54) is 0 Å². The number of aryl methyl sites for hydroxylation is 1. The Kier molecular flexibility index (Phi) is 5.55. The van der Waals surface area contributed by atoms with E-state index in [0.29, 0.717) is 12.1 Å². The van der Waals surface area contributed by atoms with Crippen LogP contribution in [0.3, 0.4) is 0 Å². The number of carbonyl (C=O) groups is 2. The highest BCUT2D eigenvalue weighted by atomic mass is 16.5. The lowest BCUT2D eigenvalue weighted by Crippen LogP contribution is -2.48. The zero-order chi connectivity index (χ0) is 20.3. The molecule has 0 spiro atoms. The van der Waals surface area contributed by atoms with E-state index in [1.54, 1.807) is 13.0 Å². The molecule has 1 fully saturated rings. The molecule has 0 radical (unpaired) electrons. The zero-order valence-electron chi connectivity index (χ0n) is 16.5. The van der Waals surface area contributed by atoms with Crippen LogP contribution in [0.5, 0.6) is 0 Å². The van der Waals surface area contributed by atoms with Crippen molar-refractivity contribution in [3.8, 4) is 6.07 Å². The van der Waals surface area contributed by atoms with Crippen molar-refractivity contribution in [2.75, 3.05) is 6.61 Å². The van der Waals surface area contributed by atoms with Crippen LogP contribution in [0.4, 0.5) is 0 Å². The quantitative estimate of drug-likeness (QED) is 0.749. The van der Waals surface area contributed by atoms with E-state index < -0.39 is 24.0 Å². The fourth-order valence-electron chi connectivity index (χ4n) is 3.43. The topological polar surface area (TPSA) is 84.1 Å². The second-order valence-electron chi connectivity index (χ2n) is 7.57. The average Bonchev–Trinajstić information content (AvgIpc) is 3.50. The average molecular weight is 379 g/mol. The molecule has 1 heterocycles. The monoisotopic (exact) mass is 379 g/mol. The molecule has 6 heteroatoms. The van der Waals surface area contributed by atoms with Crippen LogP contribution in [0.2, 0.25) is 0 Å². The third-order valence-corrected chi connectivity index (χ3v) is 5.34. The molecule has 1 saturated carbocycles. The summed E-state index contributed by atoms with van der Waals surface area (Å²) in [6.07, 6.45) is 1.86. The van der Waals surface area contributed by atoms with Crippen molar-refractivity contribution in [3.05, 3.63) is 58.9 Å². The summed E-state index contributed by atoms with van der Waals surface area (Å²) >= 11 is 0. The summed E-state index contributed by atoms with van der Waals surface area (Å²) in [5, 5.41) is 12.0. The first kappa shape index (κ1) is 19.7. The van der Waals surface area contributed by atoms with Crippen LogP contribution in [0.15, 0.2) is 36.4 Å². The van der Waals surface area contributed by atoms with Crippen molar-refractivity contribution in [1.29, 1.82) is 5.26 Å². The summed E-state index contributed by atoms with van der Waals surface area (Å²) in [6.45, 7) is 5.78. The van der Waals surface area contributed by atoms with Gasteiger partial charge in [0, 0.05) is 17.9 Å². The number of hydrogen-bond acceptors (Lipinski definition) is 4. The van der Waals surface area contributed by atoms with E-state index in [4.69, 9.17) is 4.74 Å². The van der Waals surface area contributed by atoms with Crippen molar-refractivity contribution < 1.29 is 14.3 Å². The molecule has 6 nitrogen and oxygen atoms in total. The summed E-state index contributed by atoms with van der Waals surface area (Å²) in [5.41, 5.74) is 2.44. The highest BCUT2D eigenvalue weighted by Crippen LogP contribution is 2.39. The van der Waals surface area contributed by atoms with Crippen LogP contribution in [-0.2, 0) is 16.1 Å². The van der Waals surface area contributed by atoms with E-state index in [-0.39, 0.29) is 5.92 Å². The van der Waals surface area contributed by atoms with Crippen molar-refractivity contribution in [1.82, 2.24) is 9.88 Å². The molecule has 1 aliphatic rings. The summed E-state index contributed by atoms with van der Waals surface area (Å²) in [7, 11) is 0. The molecule has 146 valence electrons. The van der Waals surface area contributed by atoms with E-state index in [0.717, 1.165) is 29.8 Å². The van der Waals surface area contributed by atoms with Crippen molar-refractivity contribution in [2.24, 2.45) is 5.92 Å². The second-order valence-corrected chi connectivity index (χ2v) is 7.57. The van der Waals surface area contributed by atoms with Gasteiger partial charge in [-0.1, -0.05) is 30.3 Å². The minimum atomic E-state index is -0.894. The van der Waals surface area contributed by atoms with Crippen molar-refractivity contribution >= 4 is 11.9 Å². The Balaban J connectivity index is 1.62. The van der Waals surface area contributed by atoms with Crippen molar-refractivity contribution in [3.63, 3.8) is 0 Å². The molecule has 0 bridgehead atoms. The van der Waals surface area contributed by atoms with Crippen LogP contribution in [0.25, 0.3) is 0 Å². The minimum absolute atomic E-state index is 0.175. The van der Waals surface area contributed by atoms with Crippen LogP contribution < -0.4 is 5.32 Å². The molecule has 2 aromatic rings. The van der Waals surface area contributed by atoms with Gasteiger partial charge in [-0.05, 0) is 51.2 Å². The van der Waals surface area contributed by atoms with E-state index in [1.807, 2.05) is 48.7 Å². The number of aromatic nitrogens is 1. The lowest BCUT2D eigenvalue weighted by Gasteiger charge is -2.22. The minimum Gasteiger partial charge on any atom is -0.452 e. The predicted molar refractivity (Wildman–Crippen MR) is 105 cm³/mol. The SMILES string of the molecule is Cc1cc(C(=O)OCC(=O)N[C@@](C)(C#N)C2CC2)c(C)n1Cc1ccccc1. The smallest absolute Gasteiger partial charge is 0.340 e. The first-order valence-electron chi connectivity index (χ1n) is 9.44. The maximum atomic E-state index is 12.5. The number of rotatable bonds is 7. The molecule has 1 aliphatic carbocycles. The number of benzene rings is 1. The van der Waals surface area contributed by atoms with Gasteiger partial charge in [0.25, 0.3) is 5.91 Å². The maximum absolute atomic E-state index is 12.5. The van der Waals surface area contributed by atoms with Gasteiger partial charge in [-0.2, -0.15) is 5.26 Å². The fraction of sp³-hybridized carbons (Fsp3) is 0.409. The van der Waals surface area contributed by atoms with E-state index >= 15 is 0 Å². The predicted octanol–water partition coefficient (Wildman–Crippen LogP) is 3.12. The van der Waals surface area contributed by atoms with Gasteiger partial charge < -0.3 is 14.6 Å².